The normalized spacial score (nSPS) is 10.3. The average Bonchev–Trinajstić information content (AvgIpc) is 2.39. The molecule has 2 aromatic rings. The third kappa shape index (κ3) is 2.74. The van der Waals surface area contributed by atoms with Crippen LogP contribution in [0.1, 0.15) is 17.3 Å². The van der Waals surface area contributed by atoms with Gasteiger partial charge in [-0.05, 0) is 19.1 Å². The lowest BCUT2D eigenvalue weighted by atomic mass is 10.0. The number of aromatic nitrogens is 1. The Morgan fingerprint density at radius 2 is 2.05 bits per heavy atom. The highest BCUT2D eigenvalue weighted by Gasteiger charge is 2.20. The van der Waals surface area contributed by atoms with E-state index >= 15 is 0 Å². The Morgan fingerprint density at radius 3 is 2.74 bits per heavy atom. The molecule has 0 fully saturated rings. The van der Waals surface area contributed by atoms with Gasteiger partial charge in [0.05, 0.1) is 6.61 Å². The van der Waals surface area contributed by atoms with Crippen LogP contribution >= 0.6 is 11.6 Å². The quantitative estimate of drug-likeness (QED) is 0.635. The summed E-state index contributed by atoms with van der Waals surface area (Å²) < 4.78 is 18.7. The molecule has 2 rings (SSSR count). The van der Waals surface area contributed by atoms with E-state index in [1.165, 1.54) is 18.3 Å². The summed E-state index contributed by atoms with van der Waals surface area (Å²) in [5.41, 5.74) is 0.738. The summed E-state index contributed by atoms with van der Waals surface area (Å²) in [6.45, 7) is 1.89. The van der Waals surface area contributed by atoms with Gasteiger partial charge in [0.15, 0.2) is 0 Å². The third-order valence-corrected chi connectivity index (χ3v) is 2.83. The largest absolute Gasteiger partial charge is 0.462 e. The summed E-state index contributed by atoms with van der Waals surface area (Å²) in [5, 5.41) is -0.000738. The summed E-state index contributed by atoms with van der Waals surface area (Å²) >= 11 is 5.93. The second-order valence-corrected chi connectivity index (χ2v) is 4.08. The Hall–Kier alpha value is -1.94. The molecule has 0 saturated carbocycles. The predicted octanol–water partition coefficient (Wildman–Crippen LogP) is 3.72. The van der Waals surface area contributed by atoms with Crippen molar-refractivity contribution in [3.63, 3.8) is 0 Å². The number of nitrogens with zero attached hydrogens (tertiary/aromatic N) is 1. The van der Waals surface area contributed by atoms with Crippen LogP contribution in [0.25, 0.3) is 11.1 Å². The van der Waals surface area contributed by atoms with Crippen molar-refractivity contribution in [2.45, 2.75) is 6.92 Å². The molecule has 0 spiro atoms. The fourth-order valence-electron chi connectivity index (χ4n) is 1.74. The fourth-order valence-corrected chi connectivity index (χ4v) is 1.97. The molecular weight excluding hydrogens is 269 g/mol. The zero-order valence-corrected chi connectivity index (χ0v) is 10.9. The van der Waals surface area contributed by atoms with Crippen LogP contribution in [0.4, 0.5) is 4.39 Å². The molecule has 1 aromatic carbocycles. The fraction of sp³-hybridized carbons (Fsp3) is 0.143. The number of carbonyl (C=O) groups excluding carboxylic acids is 1. The van der Waals surface area contributed by atoms with Crippen molar-refractivity contribution in [2.24, 2.45) is 0 Å². The maximum absolute atomic E-state index is 13.8. The first-order valence-corrected chi connectivity index (χ1v) is 6.09. The van der Waals surface area contributed by atoms with Gasteiger partial charge in [0.25, 0.3) is 0 Å². The Bertz CT molecular complexity index is 616. The summed E-state index contributed by atoms with van der Waals surface area (Å²) in [4.78, 5) is 15.7. The van der Waals surface area contributed by atoms with Crippen molar-refractivity contribution < 1.29 is 13.9 Å². The van der Waals surface area contributed by atoms with Crippen LogP contribution in [0.15, 0.2) is 36.5 Å². The summed E-state index contributed by atoms with van der Waals surface area (Å²) in [5.74, 6) is -1.05. The summed E-state index contributed by atoms with van der Waals surface area (Å²) in [6, 6.07) is 7.69. The predicted molar refractivity (Wildman–Crippen MR) is 70.6 cm³/mol. The highest BCUT2D eigenvalue weighted by atomic mass is 35.5. The molecule has 0 atom stereocenters. The van der Waals surface area contributed by atoms with Gasteiger partial charge in [-0.1, -0.05) is 29.8 Å². The van der Waals surface area contributed by atoms with Crippen molar-refractivity contribution in [1.29, 1.82) is 0 Å². The highest BCUT2D eigenvalue weighted by Crippen LogP contribution is 2.30. The van der Waals surface area contributed by atoms with Crippen LogP contribution in [-0.4, -0.2) is 17.6 Å². The van der Waals surface area contributed by atoms with Crippen LogP contribution in [0, 0.1) is 5.82 Å². The number of halogens is 2. The molecule has 0 radical (unpaired) electrons. The van der Waals surface area contributed by atoms with E-state index in [0.717, 1.165) is 0 Å². The first-order valence-electron chi connectivity index (χ1n) is 5.71. The van der Waals surface area contributed by atoms with Gasteiger partial charge in [0, 0.05) is 17.3 Å². The Labute approximate surface area is 115 Å². The van der Waals surface area contributed by atoms with Crippen LogP contribution < -0.4 is 0 Å². The number of hydrogen-bond acceptors (Lipinski definition) is 3. The van der Waals surface area contributed by atoms with Crippen molar-refractivity contribution in [1.82, 2.24) is 4.98 Å². The van der Waals surface area contributed by atoms with E-state index in [2.05, 4.69) is 4.98 Å². The first-order chi connectivity index (χ1) is 9.15. The number of rotatable bonds is 3. The second-order valence-electron chi connectivity index (χ2n) is 3.72. The van der Waals surface area contributed by atoms with E-state index in [9.17, 15) is 9.18 Å². The number of carbonyl (C=O) groups is 1. The molecule has 5 heteroatoms. The lowest BCUT2D eigenvalue weighted by molar-refractivity contribution is 0.0527. The molecule has 0 amide bonds. The number of ether oxygens (including phenoxy) is 1. The van der Waals surface area contributed by atoms with E-state index in [4.69, 9.17) is 16.3 Å². The van der Waals surface area contributed by atoms with Crippen LogP contribution in [0.5, 0.6) is 0 Å². The van der Waals surface area contributed by atoms with Gasteiger partial charge in [-0.2, -0.15) is 0 Å². The van der Waals surface area contributed by atoms with Crippen molar-refractivity contribution in [3.8, 4) is 11.1 Å². The number of pyridine rings is 1. The topological polar surface area (TPSA) is 39.2 Å². The van der Waals surface area contributed by atoms with Gasteiger partial charge < -0.3 is 4.74 Å². The molecule has 1 aromatic heterocycles. The lowest BCUT2D eigenvalue weighted by Gasteiger charge is -2.10. The zero-order valence-electron chi connectivity index (χ0n) is 10.2. The molecule has 3 nitrogen and oxygen atoms in total. The standard InChI is InChI=1S/C14H11ClFNO2/c1-2-19-14(18)12-10(7-8-17-13(12)15)9-5-3-4-6-11(9)16/h3-8H,2H2,1H3. The molecule has 0 unspecified atom stereocenters. The SMILES string of the molecule is CCOC(=O)c1c(-c2ccccc2F)ccnc1Cl. The molecule has 0 bridgehead atoms. The molecule has 0 aliphatic carbocycles. The minimum absolute atomic E-state index is 0.000738. The third-order valence-electron chi connectivity index (χ3n) is 2.55. The second kappa shape index (κ2) is 5.80. The molecular formula is C14H11ClFNO2. The minimum Gasteiger partial charge on any atom is -0.462 e. The first kappa shape index (κ1) is 13.5. The Kier molecular flexibility index (Phi) is 4.12. The van der Waals surface area contributed by atoms with Crippen LogP contribution in [0.2, 0.25) is 5.15 Å². The van der Waals surface area contributed by atoms with Crippen molar-refractivity contribution in [3.05, 3.63) is 53.1 Å². The molecule has 98 valence electrons. The van der Waals surface area contributed by atoms with Crippen LogP contribution in [-0.2, 0) is 4.74 Å². The molecule has 0 N–H and O–H groups in total. The van der Waals surface area contributed by atoms with E-state index in [-0.39, 0.29) is 22.9 Å². The summed E-state index contributed by atoms with van der Waals surface area (Å²) in [7, 11) is 0. The zero-order chi connectivity index (χ0) is 13.8. The minimum atomic E-state index is -0.612. The van der Waals surface area contributed by atoms with Gasteiger partial charge in [-0.15, -0.1) is 0 Å². The average molecular weight is 280 g/mol. The Balaban J connectivity index is 2.61. The number of hydrogen-bond donors (Lipinski definition) is 0. The monoisotopic (exact) mass is 279 g/mol. The van der Waals surface area contributed by atoms with E-state index < -0.39 is 11.8 Å². The van der Waals surface area contributed by atoms with E-state index in [0.29, 0.717) is 5.56 Å². The van der Waals surface area contributed by atoms with Crippen molar-refractivity contribution >= 4 is 17.6 Å². The highest BCUT2D eigenvalue weighted by molar-refractivity contribution is 6.33. The van der Waals surface area contributed by atoms with Crippen molar-refractivity contribution in [2.75, 3.05) is 6.61 Å². The maximum atomic E-state index is 13.8. The molecule has 19 heavy (non-hydrogen) atoms. The Morgan fingerprint density at radius 1 is 1.32 bits per heavy atom. The molecule has 0 saturated heterocycles. The molecule has 0 aliphatic heterocycles. The van der Waals surface area contributed by atoms with Gasteiger partial charge >= 0.3 is 5.97 Å². The van der Waals surface area contributed by atoms with Crippen LogP contribution in [0.3, 0.4) is 0 Å². The smallest absolute Gasteiger partial charge is 0.341 e. The van der Waals surface area contributed by atoms with Gasteiger partial charge in [-0.25, -0.2) is 14.2 Å². The molecule has 1 heterocycles. The van der Waals surface area contributed by atoms with Gasteiger partial charge in [-0.3, -0.25) is 0 Å². The summed E-state index contributed by atoms with van der Waals surface area (Å²) in [6.07, 6.45) is 1.42. The lowest BCUT2D eigenvalue weighted by Crippen LogP contribution is -2.08. The maximum Gasteiger partial charge on any atom is 0.341 e. The van der Waals surface area contributed by atoms with Gasteiger partial charge in [0.2, 0.25) is 0 Å². The van der Waals surface area contributed by atoms with Gasteiger partial charge in [0.1, 0.15) is 16.5 Å². The number of esters is 1. The number of benzene rings is 1. The molecule has 0 aliphatic rings. The van der Waals surface area contributed by atoms with E-state index in [1.807, 2.05) is 0 Å². The van der Waals surface area contributed by atoms with E-state index in [1.54, 1.807) is 25.1 Å².